The van der Waals surface area contributed by atoms with Crippen molar-refractivity contribution in [2.24, 2.45) is 0 Å². The van der Waals surface area contributed by atoms with Crippen LogP contribution < -0.4 is 0 Å². The summed E-state index contributed by atoms with van der Waals surface area (Å²) >= 11 is 9.65. The van der Waals surface area contributed by atoms with Crippen LogP contribution in [-0.2, 0) is 6.54 Å². The second kappa shape index (κ2) is 6.87. The number of piperazine rings is 1. The van der Waals surface area contributed by atoms with Crippen LogP contribution in [0, 0.1) is 0 Å². The molecule has 18 heavy (non-hydrogen) atoms. The van der Waals surface area contributed by atoms with Gasteiger partial charge in [0.25, 0.3) is 0 Å². The quantitative estimate of drug-likeness (QED) is 0.915. The van der Waals surface area contributed by atoms with Crippen molar-refractivity contribution >= 4 is 27.5 Å². The van der Waals surface area contributed by atoms with Crippen LogP contribution in [0.5, 0.6) is 0 Å². The monoisotopic (exact) mass is 332 g/mol. The maximum atomic E-state index is 8.90. The molecular weight excluding hydrogens is 316 g/mol. The molecule has 0 spiro atoms. The minimum Gasteiger partial charge on any atom is -0.395 e. The highest BCUT2D eigenvalue weighted by atomic mass is 79.9. The molecule has 0 radical (unpaired) electrons. The van der Waals surface area contributed by atoms with Crippen LogP contribution in [0.1, 0.15) is 5.56 Å². The molecule has 1 heterocycles. The first-order chi connectivity index (χ1) is 8.69. The number of aliphatic hydroxyl groups excluding tert-OH is 1. The highest BCUT2D eigenvalue weighted by molar-refractivity contribution is 9.10. The van der Waals surface area contributed by atoms with Gasteiger partial charge in [0.15, 0.2) is 0 Å². The lowest BCUT2D eigenvalue weighted by atomic mass is 10.2. The fourth-order valence-electron chi connectivity index (χ4n) is 2.20. The van der Waals surface area contributed by atoms with Gasteiger partial charge < -0.3 is 5.11 Å². The third-order valence-electron chi connectivity index (χ3n) is 3.29. The molecule has 0 aliphatic carbocycles. The Morgan fingerprint density at radius 2 is 1.83 bits per heavy atom. The third kappa shape index (κ3) is 3.93. The Labute approximate surface area is 121 Å². The lowest BCUT2D eigenvalue weighted by Crippen LogP contribution is -2.46. The van der Waals surface area contributed by atoms with Gasteiger partial charge in [0.05, 0.1) is 6.61 Å². The van der Waals surface area contributed by atoms with E-state index in [0.29, 0.717) is 0 Å². The summed E-state index contributed by atoms with van der Waals surface area (Å²) in [5.41, 5.74) is 1.18. The SMILES string of the molecule is OCCN1CCN(Cc2ccc(Br)cc2Cl)CC1. The summed E-state index contributed by atoms with van der Waals surface area (Å²) in [4.78, 5) is 4.70. The second-order valence-corrected chi connectivity index (χ2v) is 5.90. The summed E-state index contributed by atoms with van der Waals surface area (Å²) in [5.74, 6) is 0. The Balaban J connectivity index is 1.87. The van der Waals surface area contributed by atoms with Crippen molar-refractivity contribution in [3.8, 4) is 0 Å². The van der Waals surface area contributed by atoms with Gasteiger partial charge in [-0.2, -0.15) is 0 Å². The Hall–Kier alpha value is -0.130. The van der Waals surface area contributed by atoms with E-state index in [9.17, 15) is 0 Å². The van der Waals surface area contributed by atoms with E-state index in [0.717, 1.165) is 48.8 Å². The van der Waals surface area contributed by atoms with E-state index in [1.807, 2.05) is 12.1 Å². The summed E-state index contributed by atoms with van der Waals surface area (Å²) in [7, 11) is 0. The fraction of sp³-hybridized carbons (Fsp3) is 0.538. The van der Waals surface area contributed by atoms with Gasteiger partial charge in [-0.05, 0) is 17.7 Å². The van der Waals surface area contributed by atoms with Crippen molar-refractivity contribution < 1.29 is 5.11 Å². The minimum atomic E-state index is 0.249. The average molecular weight is 334 g/mol. The molecule has 0 aromatic heterocycles. The van der Waals surface area contributed by atoms with Crippen LogP contribution in [-0.4, -0.2) is 54.2 Å². The fourth-order valence-corrected chi connectivity index (χ4v) is 2.94. The summed E-state index contributed by atoms with van der Waals surface area (Å²) in [6.45, 7) is 6.05. The molecule has 1 aliphatic heterocycles. The molecule has 1 aromatic rings. The third-order valence-corrected chi connectivity index (χ3v) is 4.14. The van der Waals surface area contributed by atoms with Crippen LogP contribution in [0.4, 0.5) is 0 Å². The van der Waals surface area contributed by atoms with Crippen molar-refractivity contribution in [3.63, 3.8) is 0 Å². The number of hydrogen-bond acceptors (Lipinski definition) is 3. The number of hydrogen-bond donors (Lipinski definition) is 1. The first-order valence-electron chi connectivity index (χ1n) is 6.18. The predicted molar refractivity (Wildman–Crippen MR) is 78.0 cm³/mol. The lowest BCUT2D eigenvalue weighted by Gasteiger charge is -2.34. The first kappa shape index (κ1) is 14.3. The smallest absolute Gasteiger partial charge is 0.0558 e. The molecule has 2 rings (SSSR count). The van der Waals surface area contributed by atoms with Crippen LogP contribution >= 0.6 is 27.5 Å². The van der Waals surface area contributed by atoms with Gasteiger partial charge in [-0.3, -0.25) is 9.80 Å². The molecule has 5 heteroatoms. The zero-order valence-corrected chi connectivity index (χ0v) is 12.6. The number of benzene rings is 1. The van der Waals surface area contributed by atoms with Crippen LogP contribution in [0.3, 0.4) is 0 Å². The van der Waals surface area contributed by atoms with E-state index < -0.39 is 0 Å². The summed E-state index contributed by atoms with van der Waals surface area (Å²) in [6.07, 6.45) is 0. The highest BCUT2D eigenvalue weighted by Gasteiger charge is 2.17. The summed E-state index contributed by atoms with van der Waals surface area (Å²) < 4.78 is 1.02. The van der Waals surface area contributed by atoms with Crippen LogP contribution in [0.15, 0.2) is 22.7 Å². The molecule has 0 unspecified atom stereocenters. The van der Waals surface area contributed by atoms with Gasteiger partial charge in [-0.25, -0.2) is 0 Å². The molecule has 0 amide bonds. The topological polar surface area (TPSA) is 26.7 Å². The summed E-state index contributed by atoms with van der Waals surface area (Å²) in [6, 6.07) is 6.05. The maximum absolute atomic E-state index is 8.90. The van der Waals surface area contributed by atoms with E-state index in [1.165, 1.54) is 5.56 Å². The normalized spacial score (nSPS) is 18.2. The van der Waals surface area contributed by atoms with Crippen molar-refractivity contribution in [1.82, 2.24) is 9.80 Å². The van der Waals surface area contributed by atoms with Crippen molar-refractivity contribution in [2.75, 3.05) is 39.3 Å². The Morgan fingerprint density at radius 1 is 1.17 bits per heavy atom. The molecular formula is C13H18BrClN2O. The number of nitrogens with zero attached hydrogens (tertiary/aromatic N) is 2. The zero-order chi connectivity index (χ0) is 13.0. The maximum Gasteiger partial charge on any atom is 0.0558 e. The van der Waals surface area contributed by atoms with Gasteiger partial charge in [0.1, 0.15) is 0 Å². The highest BCUT2D eigenvalue weighted by Crippen LogP contribution is 2.22. The summed E-state index contributed by atoms with van der Waals surface area (Å²) in [5, 5.41) is 9.73. The van der Waals surface area contributed by atoms with Gasteiger partial charge in [-0.15, -0.1) is 0 Å². The number of β-amino-alcohol motifs (C(OH)–C–C–N with tert-alkyl or cyclic N) is 1. The Kier molecular flexibility index (Phi) is 5.45. The minimum absolute atomic E-state index is 0.249. The Bertz CT molecular complexity index is 395. The van der Waals surface area contributed by atoms with Crippen LogP contribution in [0.2, 0.25) is 5.02 Å². The Morgan fingerprint density at radius 3 is 2.44 bits per heavy atom. The molecule has 0 atom stereocenters. The van der Waals surface area contributed by atoms with E-state index in [-0.39, 0.29) is 6.61 Å². The van der Waals surface area contributed by atoms with Crippen LogP contribution in [0.25, 0.3) is 0 Å². The molecule has 1 aromatic carbocycles. The molecule has 100 valence electrons. The lowest BCUT2D eigenvalue weighted by molar-refractivity contribution is 0.108. The molecule has 0 bridgehead atoms. The largest absolute Gasteiger partial charge is 0.395 e. The predicted octanol–water partition coefficient (Wildman–Crippen LogP) is 2.21. The van der Waals surface area contributed by atoms with E-state index >= 15 is 0 Å². The molecule has 1 fully saturated rings. The van der Waals surface area contributed by atoms with Gasteiger partial charge >= 0.3 is 0 Å². The van der Waals surface area contributed by atoms with Crippen molar-refractivity contribution in [2.45, 2.75) is 6.54 Å². The molecule has 0 saturated carbocycles. The van der Waals surface area contributed by atoms with E-state index in [4.69, 9.17) is 16.7 Å². The van der Waals surface area contributed by atoms with Gasteiger partial charge in [0, 0.05) is 48.8 Å². The van der Waals surface area contributed by atoms with Crippen molar-refractivity contribution in [1.29, 1.82) is 0 Å². The molecule has 3 nitrogen and oxygen atoms in total. The number of aliphatic hydroxyl groups is 1. The molecule has 1 saturated heterocycles. The number of rotatable bonds is 4. The zero-order valence-electron chi connectivity index (χ0n) is 10.3. The van der Waals surface area contributed by atoms with E-state index in [1.54, 1.807) is 0 Å². The molecule has 1 aliphatic rings. The van der Waals surface area contributed by atoms with E-state index in [2.05, 4.69) is 31.8 Å². The second-order valence-electron chi connectivity index (χ2n) is 4.58. The first-order valence-corrected chi connectivity index (χ1v) is 7.35. The van der Waals surface area contributed by atoms with Crippen molar-refractivity contribution in [3.05, 3.63) is 33.3 Å². The average Bonchev–Trinajstić information content (AvgIpc) is 2.35. The van der Waals surface area contributed by atoms with Gasteiger partial charge in [0.2, 0.25) is 0 Å². The number of halogens is 2. The standard InChI is InChI=1S/C13H18BrClN2O/c14-12-2-1-11(13(15)9-12)10-17-5-3-16(4-6-17)7-8-18/h1-2,9,18H,3-8,10H2. The van der Waals surface area contributed by atoms with Gasteiger partial charge in [-0.1, -0.05) is 33.6 Å². The molecule has 1 N–H and O–H groups in total.